The normalized spacial score (nSPS) is 19.8. The molecule has 0 aromatic heterocycles. The predicted molar refractivity (Wildman–Crippen MR) is 80.9 cm³/mol. The molecular weight excluding hydrogens is 294 g/mol. The van der Waals surface area contributed by atoms with Gasteiger partial charge in [0.15, 0.2) is 5.84 Å². The van der Waals surface area contributed by atoms with Crippen LogP contribution in [0.15, 0.2) is 5.16 Å². The van der Waals surface area contributed by atoms with Crippen LogP contribution in [0.1, 0.15) is 44.9 Å². The third kappa shape index (κ3) is 5.18. The van der Waals surface area contributed by atoms with Gasteiger partial charge in [0.25, 0.3) is 0 Å². The maximum atomic E-state index is 12.5. The van der Waals surface area contributed by atoms with Crippen LogP contribution in [-0.2, 0) is 14.6 Å². The fourth-order valence-electron chi connectivity index (χ4n) is 2.73. The summed E-state index contributed by atoms with van der Waals surface area (Å²) in [7, 11) is -3.03. The lowest BCUT2D eigenvalue weighted by Crippen LogP contribution is -2.50. The van der Waals surface area contributed by atoms with E-state index < -0.39 is 15.3 Å². The van der Waals surface area contributed by atoms with E-state index in [-0.39, 0.29) is 24.0 Å². The largest absolute Gasteiger partial charge is 0.409 e. The van der Waals surface area contributed by atoms with Crippen molar-refractivity contribution in [3.8, 4) is 0 Å². The molecule has 4 N–H and O–H groups in total. The maximum absolute atomic E-state index is 12.5. The van der Waals surface area contributed by atoms with Gasteiger partial charge in [0.05, 0.1) is 5.75 Å². The minimum absolute atomic E-state index is 0.0316. The molecule has 7 nitrogen and oxygen atoms in total. The SMILES string of the molecule is CS(=O)(=O)CCCNC(=O)C1(C(N)=NO)CCCCCC1. The number of carbonyl (C=O) groups excluding carboxylic acids is 1. The summed E-state index contributed by atoms with van der Waals surface area (Å²) in [4.78, 5) is 12.5. The molecule has 0 spiro atoms. The molecule has 1 rings (SSSR count). The van der Waals surface area contributed by atoms with Crippen molar-refractivity contribution in [2.24, 2.45) is 16.3 Å². The number of sulfone groups is 1. The molecule has 0 bridgehead atoms. The van der Waals surface area contributed by atoms with E-state index in [1.807, 2.05) is 0 Å². The van der Waals surface area contributed by atoms with Crippen molar-refractivity contribution >= 4 is 21.6 Å². The highest BCUT2D eigenvalue weighted by Gasteiger charge is 2.42. The van der Waals surface area contributed by atoms with E-state index in [0.29, 0.717) is 19.3 Å². The van der Waals surface area contributed by atoms with Gasteiger partial charge in [-0.3, -0.25) is 4.79 Å². The van der Waals surface area contributed by atoms with Gasteiger partial charge in [0.2, 0.25) is 5.91 Å². The second-order valence-corrected chi connectivity index (χ2v) is 7.98. The fraction of sp³-hybridized carbons (Fsp3) is 0.846. The number of nitrogens with zero attached hydrogens (tertiary/aromatic N) is 1. The average molecular weight is 319 g/mol. The molecule has 0 saturated heterocycles. The molecule has 1 aliphatic rings. The van der Waals surface area contributed by atoms with E-state index in [4.69, 9.17) is 10.9 Å². The zero-order valence-corrected chi connectivity index (χ0v) is 13.3. The van der Waals surface area contributed by atoms with Crippen LogP contribution in [0.2, 0.25) is 0 Å². The highest BCUT2D eigenvalue weighted by Crippen LogP contribution is 2.35. The van der Waals surface area contributed by atoms with E-state index in [2.05, 4.69) is 10.5 Å². The fourth-order valence-corrected chi connectivity index (χ4v) is 3.40. The van der Waals surface area contributed by atoms with Gasteiger partial charge in [-0.2, -0.15) is 0 Å². The van der Waals surface area contributed by atoms with E-state index in [1.54, 1.807) is 0 Å². The second-order valence-electron chi connectivity index (χ2n) is 5.72. The van der Waals surface area contributed by atoms with Gasteiger partial charge in [0, 0.05) is 12.8 Å². The first-order chi connectivity index (χ1) is 9.82. The summed E-state index contributed by atoms with van der Waals surface area (Å²) in [6.45, 7) is 0.270. The Balaban J connectivity index is 2.68. The van der Waals surface area contributed by atoms with Crippen LogP contribution >= 0.6 is 0 Å². The van der Waals surface area contributed by atoms with Crippen molar-refractivity contribution in [3.63, 3.8) is 0 Å². The Morgan fingerprint density at radius 3 is 2.33 bits per heavy atom. The van der Waals surface area contributed by atoms with Crippen molar-refractivity contribution < 1.29 is 18.4 Å². The molecule has 1 saturated carbocycles. The minimum Gasteiger partial charge on any atom is -0.409 e. The summed E-state index contributed by atoms with van der Waals surface area (Å²) in [5.74, 6) is -0.289. The monoisotopic (exact) mass is 319 g/mol. The first-order valence-corrected chi connectivity index (χ1v) is 9.32. The van der Waals surface area contributed by atoms with E-state index in [0.717, 1.165) is 31.9 Å². The molecule has 0 unspecified atom stereocenters. The lowest BCUT2D eigenvalue weighted by Gasteiger charge is -2.29. The topological polar surface area (TPSA) is 122 Å². The molecule has 1 amide bonds. The van der Waals surface area contributed by atoms with Crippen LogP contribution in [0.4, 0.5) is 0 Å². The number of amides is 1. The Morgan fingerprint density at radius 1 is 1.29 bits per heavy atom. The standard InChI is InChI=1S/C13H25N3O4S/c1-21(19,20)10-6-9-15-12(17)13(11(14)16-18)7-4-2-3-5-8-13/h18H,2-10H2,1H3,(H2,14,16)(H,15,17). The quantitative estimate of drug-likeness (QED) is 0.165. The highest BCUT2D eigenvalue weighted by molar-refractivity contribution is 7.90. The molecule has 21 heavy (non-hydrogen) atoms. The minimum atomic E-state index is -3.03. The van der Waals surface area contributed by atoms with E-state index in [1.165, 1.54) is 0 Å². The van der Waals surface area contributed by atoms with Gasteiger partial charge in [-0.25, -0.2) is 8.42 Å². The number of oxime groups is 1. The van der Waals surface area contributed by atoms with Crippen LogP contribution < -0.4 is 11.1 Å². The number of hydrogen-bond acceptors (Lipinski definition) is 5. The van der Waals surface area contributed by atoms with Gasteiger partial charge in [-0.05, 0) is 19.3 Å². The Morgan fingerprint density at radius 2 is 1.86 bits per heavy atom. The Kier molecular flexibility index (Phi) is 6.44. The molecule has 0 aliphatic heterocycles. The molecule has 0 heterocycles. The zero-order valence-electron chi connectivity index (χ0n) is 12.5. The summed E-state index contributed by atoms with van der Waals surface area (Å²) in [5, 5.41) is 14.8. The van der Waals surface area contributed by atoms with Crippen molar-refractivity contribution in [2.75, 3.05) is 18.6 Å². The lowest BCUT2D eigenvalue weighted by molar-refractivity contribution is -0.128. The molecule has 1 aliphatic carbocycles. The van der Waals surface area contributed by atoms with Crippen molar-refractivity contribution in [1.29, 1.82) is 0 Å². The third-order valence-corrected chi connectivity index (χ3v) is 5.00. The van der Waals surface area contributed by atoms with Crippen LogP contribution in [-0.4, -0.2) is 43.9 Å². The number of rotatable bonds is 6. The maximum Gasteiger partial charge on any atom is 0.233 e. The summed E-state index contributed by atoms with van der Waals surface area (Å²) in [5.41, 5.74) is 4.81. The third-order valence-electron chi connectivity index (χ3n) is 3.97. The zero-order chi connectivity index (χ0) is 15.9. The van der Waals surface area contributed by atoms with Crippen LogP contribution in [0.25, 0.3) is 0 Å². The molecule has 0 atom stereocenters. The average Bonchev–Trinajstić information content (AvgIpc) is 2.68. The summed E-state index contributed by atoms with van der Waals surface area (Å²) in [6, 6.07) is 0. The number of amidine groups is 1. The number of nitrogens with one attached hydrogen (secondary N) is 1. The first kappa shape index (κ1) is 17.7. The van der Waals surface area contributed by atoms with Gasteiger partial charge in [0.1, 0.15) is 15.3 Å². The Bertz CT molecular complexity index is 480. The molecule has 0 radical (unpaired) electrons. The summed E-state index contributed by atoms with van der Waals surface area (Å²) < 4.78 is 22.1. The molecule has 122 valence electrons. The Hall–Kier alpha value is -1.31. The van der Waals surface area contributed by atoms with Crippen LogP contribution in [0, 0.1) is 5.41 Å². The smallest absolute Gasteiger partial charge is 0.233 e. The highest BCUT2D eigenvalue weighted by atomic mass is 32.2. The van der Waals surface area contributed by atoms with E-state index in [9.17, 15) is 13.2 Å². The number of hydrogen-bond donors (Lipinski definition) is 3. The molecule has 1 fully saturated rings. The number of nitrogens with two attached hydrogens (primary N) is 1. The summed E-state index contributed by atoms with van der Waals surface area (Å²) in [6.07, 6.45) is 6.40. The second kappa shape index (κ2) is 7.63. The van der Waals surface area contributed by atoms with Crippen molar-refractivity contribution in [1.82, 2.24) is 5.32 Å². The predicted octanol–water partition coefficient (Wildman–Crippen LogP) is 0.624. The van der Waals surface area contributed by atoms with Crippen LogP contribution in [0.5, 0.6) is 0 Å². The molecule has 0 aromatic carbocycles. The lowest BCUT2D eigenvalue weighted by atomic mass is 9.78. The first-order valence-electron chi connectivity index (χ1n) is 7.26. The van der Waals surface area contributed by atoms with Gasteiger partial charge in [-0.1, -0.05) is 30.8 Å². The van der Waals surface area contributed by atoms with E-state index >= 15 is 0 Å². The molecule has 0 aromatic rings. The van der Waals surface area contributed by atoms with Gasteiger partial charge in [-0.15, -0.1) is 0 Å². The van der Waals surface area contributed by atoms with Crippen molar-refractivity contribution in [2.45, 2.75) is 44.9 Å². The summed E-state index contributed by atoms with van der Waals surface area (Å²) >= 11 is 0. The number of carbonyl (C=O) groups is 1. The molecular formula is C13H25N3O4S. The molecule has 8 heteroatoms. The Labute approximate surface area is 125 Å². The van der Waals surface area contributed by atoms with Crippen LogP contribution in [0.3, 0.4) is 0 Å². The van der Waals surface area contributed by atoms with Gasteiger partial charge >= 0.3 is 0 Å². The van der Waals surface area contributed by atoms with Gasteiger partial charge < -0.3 is 16.3 Å². The van der Waals surface area contributed by atoms with Crippen molar-refractivity contribution in [3.05, 3.63) is 0 Å².